The fourth-order valence-electron chi connectivity index (χ4n) is 2.31. The molecule has 0 saturated carbocycles. The molecule has 122 valence electrons. The van der Waals surface area contributed by atoms with E-state index in [1.54, 1.807) is 12.1 Å². The summed E-state index contributed by atoms with van der Waals surface area (Å²) >= 11 is 0. The molecule has 3 aromatic rings. The monoisotopic (exact) mass is 341 g/mol. The minimum Gasteiger partial charge on any atom is -0.383 e. The second-order valence-electron chi connectivity index (χ2n) is 5.04. The molecule has 0 aliphatic heterocycles. The van der Waals surface area contributed by atoms with Crippen LogP contribution in [0.2, 0.25) is 0 Å². The molecule has 8 heteroatoms. The molecule has 3 rings (SSSR count). The van der Waals surface area contributed by atoms with Crippen molar-refractivity contribution < 1.29 is 8.42 Å². The number of nitrogen functional groups attached to an aromatic ring is 1. The van der Waals surface area contributed by atoms with Crippen molar-refractivity contribution in [2.75, 3.05) is 10.0 Å². The Bertz CT molecular complexity index is 961. The molecule has 0 fully saturated rings. The molecule has 0 aliphatic rings. The van der Waals surface area contributed by atoms with Crippen molar-refractivity contribution in [3.05, 3.63) is 66.9 Å². The number of benzene rings is 1. The fraction of sp³-hybridized carbons (Fsp3) is 0.0625. The lowest BCUT2D eigenvalue weighted by Crippen LogP contribution is -2.28. The predicted octanol–water partition coefficient (Wildman–Crippen LogP) is 2.29. The van der Waals surface area contributed by atoms with Gasteiger partial charge in [0.2, 0.25) is 0 Å². The van der Waals surface area contributed by atoms with Gasteiger partial charge in [0.1, 0.15) is 17.0 Å². The Labute approximate surface area is 139 Å². The Morgan fingerprint density at radius 1 is 1.04 bits per heavy atom. The van der Waals surface area contributed by atoms with E-state index in [1.807, 2.05) is 19.1 Å². The molecule has 7 nitrogen and oxygen atoms in total. The first-order valence-electron chi connectivity index (χ1n) is 7.08. The normalized spacial score (nSPS) is 11.2. The van der Waals surface area contributed by atoms with E-state index in [0.717, 1.165) is 5.56 Å². The third-order valence-corrected chi connectivity index (χ3v) is 5.22. The number of aryl methyl sites for hydroxylation is 1. The van der Waals surface area contributed by atoms with E-state index >= 15 is 0 Å². The molecular formula is C16H15N5O2S. The van der Waals surface area contributed by atoms with E-state index in [9.17, 15) is 8.42 Å². The summed E-state index contributed by atoms with van der Waals surface area (Å²) < 4.78 is 27.7. The second-order valence-corrected chi connectivity index (χ2v) is 6.79. The predicted molar refractivity (Wildman–Crippen MR) is 91.2 cm³/mol. The molecule has 0 amide bonds. The van der Waals surface area contributed by atoms with E-state index < -0.39 is 10.0 Å². The van der Waals surface area contributed by atoms with E-state index in [1.165, 1.54) is 41.4 Å². The Hall–Kier alpha value is -3.00. The number of anilines is 3. The zero-order valence-corrected chi connectivity index (χ0v) is 13.7. The van der Waals surface area contributed by atoms with Crippen LogP contribution in [0, 0.1) is 6.92 Å². The summed E-state index contributed by atoms with van der Waals surface area (Å²) in [6, 6.07) is 10.1. The van der Waals surface area contributed by atoms with E-state index in [4.69, 9.17) is 5.73 Å². The van der Waals surface area contributed by atoms with Crippen LogP contribution in [0.3, 0.4) is 0 Å². The summed E-state index contributed by atoms with van der Waals surface area (Å²) in [5.74, 6) is -0.0621. The SMILES string of the molecule is Cc1ccccc1N(c1cncnc1)S(=O)(=O)c1cccnc1N. The van der Waals surface area contributed by atoms with Gasteiger partial charge in [0.25, 0.3) is 10.0 Å². The van der Waals surface area contributed by atoms with Gasteiger partial charge >= 0.3 is 0 Å². The van der Waals surface area contributed by atoms with Gasteiger partial charge < -0.3 is 5.73 Å². The number of aromatic nitrogens is 3. The van der Waals surface area contributed by atoms with Crippen LogP contribution < -0.4 is 10.0 Å². The standard InChI is InChI=1S/C16H15N5O2S/c1-12-5-2-3-6-14(12)21(13-9-18-11-19-10-13)24(22,23)15-7-4-8-20-16(15)17/h2-11H,1H3,(H2,17,20). The Morgan fingerprint density at radius 2 is 1.75 bits per heavy atom. The number of pyridine rings is 1. The summed E-state index contributed by atoms with van der Waals surface area (Å²) in [4.78, 5) is 11.7. The average Bonchev–Trinajstić information content (AvgIpc) is 2.58. The maximum absolute atomic E-state index is 13.3. The van der Waals surface area contributed by atoms with Crippen molar-refractivity contribution in [3.63, 3.8) is 0 Å². The van der Waals surface area contributed by atoms with Crippen molar-refractivity contribution in [2.24, 2.45) is 0 Å². The molecule has 0 unspecified atom stereocenters. The summed E-state index contributed by atoms with van der Waals surface area (Å²) in [5.41, 5.74) is 7.39. The Kier molecular flexibility index (Phi) is 4.13. The van der Waals surface area contributed by atoms with Gasteiger partial charge in [-0.3, -0.25) is 0 Å². The van der Waals surface area contributed by atoms with Crippen molar-refractivity contribution >= 4 is 27.2 Å². The van der Waals surface area contributed by atoms with Crippen molar-refractivity contribution in [2.45, 2.75) is 11.8 Å². The van der Waals surface area contributed by atoms with Gasteiger partial charge in [0, 0.05) is 6.20 Å². The first kappa shape index (κ1) is 15.9. The highest BCUT2D eigenvalue weighted by Gasteiger charge is 2.30. The van der Waals surface area contributed by atoms with Gasteiger partial charge in [-0.25, -0.2) is 27.7 Å². The summed E-state index contributed by atoms with van der Waals surface area (Å²) in [7, 11) is -3.99. The molecule has 2 heterocycles. The van der Waals surface area contributed by atoms with Crippen LogP contribution >= 0.6 is 0 Å². The maximum atomic E-state index is 13.3. The summed E-state index contributed by atoms with van der Waals surface area (Å²) in [6.07, 6.45) is 5.65. The quantitative estimate of drug-likeness (QED) is 0.781. The van der Waals surface area contributed by atoms with Crippen molar-refractivity contribution in [3.8, 4) is 0 Å². The molecule has 24 heavy (non-hydrogen) atoms. The van der Waals surface area contributed by atoms with E-state index in [2.05, 4.69) is 15.0 Å². The van der Waals surface area contributed by atoms with Crippen LogP contribution in [0.25, 0.3) is 0 Å². The van der Waals surface area contributed by atoms with E-state index in [-0.39, 0.29) is 10.7 Å². The van der Waals surface area contributed by atoms with Gasteiger partial charge in [-0.2, -0.15) is 0 Å². The molecule has 1 aromatic carbocycles. The van der Waals surface area contributed by atoms with Gasteiger partial charge in [-0.1, -0.05) is 18.2 Å². The third kappa shape index (κ3) is 2.79. The first-order chi connectivity index (χ1) is 11.5. The largest absolute Gasteiger partial charge is 0.383 e. The van der Waals surface area contributed by atoms with Gasteiger partial charge in [-0.15, -0.1) is 0 Å². The van der Waals surface area contributed by atoms with Crippen LogP contribution in [-0.2, 0) is 10.0 Å². The molecule has 0 radical (unpaired) electrons. The highest BCUT2D eigenvalue weighted by molar-refractivity contribution is 7.93. The average molecular weight is 341 g/mol. The number of sulfonamides is 1. The highest BCUT2D eigenvalue weighted by atomic mass is 32.2. The number of rotatable bonds is 4. The van der Waals surface area contributed by atoms with Crippen LogP contribution in [-0.4, -0.2) is 23.4 Å². The molecule has 2 N–H and O–H groups in total. The lowest BCUT2D eigenvalue weighted by molar-refractivity contribution is 0.596. The molecule has 0 saturated heterocycles. The summed E-state index contributed by atoms with van der Waals surface area (Å²) in [5, 5.41) is 0. The van der Waals surface area contributed by atoms with Crippen LogP contribution in [0.15, 0.2) is 66.2 Å². The Balaban J connectivity index is 2.27. The van der Waals surface area contributed by atoms with Gasteiger partial charge in [0.05, 0.1) is 23.8 Å². The van der Waals surface area contributed by atoms with Crippen molar-refractivity contribution in [1.29, 1.82) is 0 Å². The molecule has 0 aliphatic carbocycles. The van der Waals surface area contributed by atoms with Crippen molar-refractivity contribution in [1.82, 2.24) is 15.0 Å². The number of hydrogen-bond donors (Lipinski definition) is 1. The second kappa shape index (κ2) is 6.25. The van der Waals surface area contributed by atoms with E-state index in [0.29, 0.717) is 11.4 Å². The smallest absolute Gasteiger partial charge is 0.272 e. The molecule has 0 atom stereocenters. The minimum absolute atomic E-state index is 0.0621. The number of nitrogens with two attached hydrogens (primary N) is 1. The zero-order chi connectivity index (χ0) is 17.2. The molecule has 0 bridgehead atoms. The highest BCUT2D eigenvalue weighted by Crippen LogP contribution is 2.34. The van der Waals surface area contributed by atoms with Crippen LogP contribution in [0.5, 0.6) is 0 Å². The fourth-order valence-corrected chi connectivity index (χ4v) is 3.91. The molecule has 2 aromatic heterocycles. The lowest BCUT2D eigenvalue weighted by atomic mass is 10.2. The molecular weight excluding hydrogens is 326 g/mol. The zero-order valence-electron chi connectivity index (χ0n) is 12.9. The summed E-state index contributed by atoms with van der Waals surface area (Å²) in [6.45, 7) is 1.83. The topological polar surface area (TPSA) is 102 Å². The van der Waals surface area contributed by atoms with Gasteiger partial charge in [0.15, 0.2) is 0 Å². The van der Waals surface area contributed by atoms with Crippen LogP contribution in [0.1, 0.15) is 5.56 Å². The Morgan fingerprint density at radius 3 is 2.42 bits per heavy atom. The van der Waals surface area contributed by atoms with Gasteiger partial charge in [-0.05, 0) is 30.7 Å². The maximum Gasteiger partial charge on any atom is 0.272 e. The molecule has 0 spiro atoms. The number of nitrogens with zero attached hydrogens (tertiary/aromatic N) is 4. The minimum atomic E-state index is -3.99. The lowest BCUT2D eigenvalue weighted by Gasteiger charge is -2.25. The first-order valence-corrected chi connectivity index (χ1v) is 8.52. The third-order valence-electron chi connectivity index (χ3n) is 3.43. The number of hydrogen-bond acceptors (Lipinski definition) is 6. The number of para-hydroxylation sites is 1. The van der Waals surface area contributed by atoms with Crippen LogP contribution in [0.4, 0.5) is 17.2 Å².